The summed E-state index contributed by atoms with van der Waals surface area (Å²) >= 11 is 0. The van der Waals surface area contributed by atoms with Gasteiger partial charge in [-0.05, 0) is 40.0 Å². The van der Waals surface area contributed by atoms with Gasteiger partial charge >= 0.3 is 6.09 Å². The summed E-state index contributed by atoms with van der Waals surface area (Å²) in [5.74, 6) is 0.412. The van der Waals surface area contributed by atoms with Gasteiger partial charge < -0.3 is 15.2 Å². The summed E-state index contributed by atoms with van der Waals surface area (Å²) in [6.45, 7) is 11.2. The van der Waals surface area contributed by atoms with Gasteiger partial charge in [-0.15, -0.1) is 12.4 Å². The average Bonchev–Trinajstić information content (AvgIpc) is 1.97. The Labute approximate surface area is 111 Å². The van der Waals surface area contributed by atoms with Crippen LogP contribution in [0, 0.1) is 5.92 Å². The number of nitrogens with one attached hydrogen (secondary N) is 1. The lowest BCUT2D eigenvalue weighted by Gasteiger charge is -2.26. The Morgan fingerprint density at radius 1 is 1.29 bits per heavy atom. The number of aliphatic hydroxyl groups excluding tert-OH is 1. The highest BCUT2D eigenvalue weighted by molar-refractivity contribution is 5.85. The van der Waals surface area contributed by atoms with Gasteiger partial charge in [0.1, 0.15) is 5.60 Å². The van der Waals surface area contributed by atoms with Crippen LogP contribution in [0.15, 0.2) is 0 Å². The molecule has 0 aromatic carbocycles. The largest absolute Gasteiger partial charge is 0.444 e. The summed E-state index contributed by atoms with van der Waals surface area (Å²) in [6.07, 6.45) is -0.314. The maximum absolute atomic E-state index is 11.5. The van der Waals surface area contributed by atoms with Crippen LogP contribution in [0.2, 0.25) is 0 Å². The smallest absolute Gasteiger partial charge is 0.407 e. The van der Waals surface area contributed by atoms with Crippen molar-refractivity contribution < 1.29 is 14.6 Å². The lowest BCUT2D eigenvalue weighted by Crippen LogP contribution is -2.45. The summed E-state index contributed by atoms with van der Waals surface area (Å²) in [5.41, 5.74) is -0.509. The molecule has 0 aliphatic heterocycles. The van der Waals surface area contributed by atoms with Crippen molar-refractivity contribution in [2.45, 2.75) is 65.7 Å². The Balaban J connectivity index is 0. The van der Waals surface area contributed by atoms with E-state index >= 15 is 0 Å². The van der Waals surface area contributed by atoms with Crippen molar-refractivity contribution in [2.75, 3.05) is 0 Å². The molecule has 0 saturated carbocycles. The van der Waals surface area contributed by atoms with E-state index in [9.17, 15) is 9.90 Å². The van der Waals surface area contributed by atoms with Crippen LogP contribution < -0.4 is 5.32 Å². The fourth-order valence-corrected chi connectivity index (χ4v) is 1.34. The number of carbonyl (C=O) groups is 1. The van der Waals surface area contributed by atoms with Crippen LogP contribution in [0.25, 0.3) is 0 Å². The second kappa shape index (κ2) is 7.77. The predicted octanol–water partition coefficient (Wildman–Crippen LogP) is 2.73. The highest BCUT2D eigenvalue weighted by Gasteiger charge is 2.22. The zero-order valence-electron chi connectivity index (χ0n) is 11.6. The van der Waals surface area contributed by atoms with Gasteiger partial charge in [0.2, 0.25) is 0 Å². The normalized spacial score (nSPS) is 14.8. The number of aliphatic hydroxyl groups is 1. The Morgan fingerprint density at radius 2 is 1.76 bits per heavy atom. The summed E-state index contributed by atoms with van der Waals surface area (Å²) in [7, 11) is 0. The van der Waals surface area contributed by atoms with Crippen molar-refractivity contribution in [3.8, 4) is 0 Å². The van der Waals surface area contributed by atoms with Gasteiger partial charge in [0, 0.05) is 0 Å². The molecule has 0 saturated heterocycles. The van der Waals surface area contributed by atoms with E-state index in [1.807, 2.05) is 34.6 Å². The number of halogens is 1. The van der Waals surface area contributed by atoms with Crippen LogP contribution in [0.3, 0.4) is 0 Å². The molecule has 0 aromatic rings. The number of hydrogen-bond acceptors (Lipinski definition) is 3. The molecule has 0 aromatic heterocycles. The van der Waals surface area contributed by atoms with Crippen molar-refractivity contribution in [3.63, 3.8) is 0 Å². The van der Waals surface area contributed by atoms with E-state index in [4.69, 9.17) is 4.74 Å². The van der Waals surface area contributed by atoms with Crippen LogP contribution in [0.5, 0.6) is 0 Å². The SMILES string of the molecule is CC(C)CC(NC(=O)OC(C)(C)C)C(C)O.Cl. The monoisotopic (exact) mass is 267 g/mol. The van der Waals surface area contributed by atoms with Crippen LogP contribution in [-0.2, 0) is 4.74 Å². The van der Waals surface area contributed by atoms with E-state index in [0.29, 0.717) is 5.92 Å². The zero-order chi connectivity index (χ0) is 12.9. The first-order valence-corrected chi connectivity index (χ1v) is 5.79. The lowest BCUT2D eigenvalue weighted by molar-refractivity contribution is 0.0422. The lowest BCUT2D eigenvalue weighted by atomic mass is 10.0. The highest BCUT2D eigenvalue weighted by Crippen LogP contribution is 2.11. The minimum Gasteiger partial charge on any atom is -0.444 e. The van der Waals surface area contributed by atoms with Crippen LogP contribution >= 0.6 is 12.4 Å². The minimum absolute atomic E-state index is 0. The van der Waals surface area contributed by atoms with E-state index in [2.05, 4.69) is 5.32 Å². The summed E-state index contributed by atoms with van der Waals surface area (Å²) in [6, 6.07) is -0.255. The molecule has 0 bridgehead atoms. The molecule has 0 radical (unpaired) electrons. The first kappa shape index (κ1) is 18.9. The summed E-state index contributed by atoms with van der Waals surface area (Å²) in [5, 5.41) is 12.2. The third-order valence-corrected chi connectivity index (χ3v) is 2.01. The summed E-state index contributed by atoms with van der Waals surface area (Å²) < 4.78 is 5.14. The topological polar surface area (TPSA) is 58.6 Å². The average molecular weight is 268 g/mol. The van der Waals surface area contributed by atoms with E-state index in [1.165, 1.54) is 0 Å². The molecule has 1 amide bonds. The van der Waals surface area contributed by atoms with Gasteiger partial charge in [-0.2, -0.15) is 0 Å². The van der Waals surface area contributed by atoms with E-state index in [0.717, 1.165) is 6.42 Å². The fraction of sp³-hybridized carbons (Fsp3) is 0.917. The molecule has 17 heavy (non-hydrogen) atoms. The van der Waals surface area contributed by atoms with Gasteiger partial charge in [0.05, 0.1) is 12.1 Å². The summed E-state index contributed by atoms with van der Waals surface area (Å²) in [4.78, 5) is 11.5. The fourth-order valence-electron chi connectivity index (χ4n) is 1.34. The van der Waals surface area contributed by atoms with Crippen molar-refractivity contribution in [1.82, 2.24) is 5.32 Å². The molecule has 104 valence electrons. The van der Waals surface area contributed by atoms with Crippen LogP contribution in [0.1, 0.15) is 48.0 Å². The number of hydrogen-bond donors (Lipinski definition) is 2. The first-order valence-electron chi connectivity index (χ1n) is 5.79. The molecule has 2 N–H and O–H groups in total. The molecule has 0 rings (SSSR count). The third kappa shape index (κ3) is 10.4. The Hall–Kier alpha value is -0.480. The molecule has 4 nitrogen and oxygen atoms in total. The van der Waals surface area contributed by atoms with Crippen LogP contribution in [-0.4, -0.2) is 28.9 Å². The van der Waals surface area contributed by atoms with Crippen molar-refractivity contribution >= 4 is 18.5 Å². The van der Waals surface area contributed by atoms with Crippen molar-refractivity contribution in [1.29, 1.82) is 0 Å². The molecule has 2 unspecified atom stereocenters. The molecule has 2 atom stereocenters. The molecule has 0 fully saturated rings. The van der Waals surface area contributed by atoms with Gasteiger partial charge in [0.15, 0.2) is 0 Å². The molecule has 0 spiro atoms. The number of amides is 1. The number of ether oxygens (including phenoxy) is 1. The molecule has 0 aliphatic rings. The minimum atomic E-state index is -0.574. The molecule has 5 heteroatoms. The van der Waals surface area contributed by atoms with E-state index in [1.54, 1.807) is 6.92 Å². The Morgan fingerprint density at radius 3 is 2.06 bits per heavy atom. The Kier molecular flexibility index (Phi) is 8.63. The standard InChI is InChI=1S/C12H25NO3.ClH/c1-8(2)7-10(9(3)14)13-11(15)16-12(4,5)6;/h8-10,14H,7H2,1-6H3,(H,13,15);1H. The Bertz CT molecular complexity index is 224. The van der Waals surface area contributed by atoms with E-state index < -0.39 is 17.8 Å². The predicted molar refractivity (Wildman–Crippen MR) is 71.5 cm³/mol. The van der Waals surface area contributed by atoms with Gasteiger partial charge in [-0.1, -0.05) is 13.8 Å². The van der Waals surface area contributed by atoms with Crippen molar-refractivity contribution in [3.05, 3.63) is 0 Å². The van der Waals surface area contributed by atoms with Crippen LogP contribution in [0.4, 0.5) is 4.79 Å². The molecule has 0 aliphatic carbocycles. The molecular weight excluding hydrogens is 242 g/mol. The van der Waals surface area contributed by atoms with Crippen molar-refractivity contribution in [2.24, 2.45) is 5.92 Å². The highest BCUT2D eigenvalue weighted by atomic mass is 35.5. The molecular formula is C12H26ClNO3. The third-order valence-electron chi connectivity index (χ3n) is 2.01. The maximum atomic E-state index is 11.5. The maximum Gasteiger partial charge on any atom is 0.407 e. The van der Waals surface area contributed by atoms with Gasteiger partial charge in [0.25, 0.3) is 0 Å². The number of carbonyl (C=O) groups excluding carboxylic acids is 1. The first-order chi connectivity index (χ1) is 7.11. The van der Waals surface area contributed by atoms with E-state index in [-0.39, 0.29) is 18.4 Å². The number of rotatable bonds is 4. The second-order valence-corrected chi connectivity index (χ2v) is 5.62. The molecule has 0 heterocycles. The quantitative estimate of drug-likeness (QED) is 0.823. The van der Waals surface area contributed by atoms with Gasteiger partial charge in [-0.25, -0.2) is 4.79 Å². The zero-order valence-corrected chi connectivity index (χ0v) is 12.4. The number of alkyl carbamates (subject to hydrolysis) is 1. The second-order valence-electron chi connectivity index (χ2n) is 5.62. The van der Waals surface area contributed by atoms with Gasteiger partial charge in [-0.3, -0.25) is 0 Å².